The minimum Gasteiger partial charge on any atom is -0.479 e. The van der Waals surface area contributed by atoms with E-state index >= 15 is 0 Å². The molecule has 0 aromatic rings. The first kappa shape index (κ1) is 8.53. The number of rotatable bonds is 2. The Morgan fingerprint density at radius 1 is 1.73 bits per heavy atom. The third-order valence-corrected chi connectivity index (χ3v) is 2.57. The molecule has 0 radical (unpaired) electrons. The molecule has 1 aliphatic rings. The summed E-state index contributed by atoms with van der Waals surface area (Å²) in [5, 5.41) is 18.1. The largest absolute Gasteiger partial charge is 0.479 e. The average Bonchev–Trinajstić information content (AvgIpc) is 2.33. The van der Waals surface area contributed by atoms with Gasteiger partial charge < -0.3 is 10.2 Å². The van der Waals surface area contributed by atoms with Crippen molar-refractivity contribution in [2.24, 2.45) is 5.92 Å². The van der Waals surface area contributed by atoms with E-state index in [0.717, 1.165) is 12.8 Å². The van der Waals surface area contributed by atoms with Crippen LogP contribution in [0, 0.1) is 5.92 Å². The van der Waals surface area contributed by atoms with Crippen LogP contribution >= 0.6 is 0 Å². The normalized spacial score (nSPS) is 37.5. The molecule has 1 rings (SSSR count). The Morgan fingerprint density at radius 3 is 2.64 bits per heavy atom. The van der Waals surface area contributed by atoms with Crippen LogP contribution in [0.4, 0.5) is 0 Å². The van der Waals surface area contributed by atoms with E-state index in [2.05, 4.69) is 0 Å². The van der Waals surface area contributed by atoms with Crippen LogP contribution in [0.3, 0.4) is 0 Å². The lowest BCUT2D eigenvalue weighted by molar-refractivity contribution is -0.158. The minimum absolute atomic E-state index is 0.399. The van der Waals surface area contributed by atoms with Crippen molar-refractivity contribution >= 4 is 5.97 Å². The van der Waals surface area contributed by atoms with Gasteiger partial charge in [-0.15, -0.1) is 0 Å². The molecule has 0 aromatic carbocycles. The van der Waals surface area contributed by atoms with Crippen molar-refractivity contribution in [2.45, 2.75) is 38.2 Å². The molecule has 0 aromatic heterocycles. The molecule has 64 valence electrons. The number of aliphatic carboxylic acids is 1. The second-order valence-electron chi connectivity index (χ2n) is 3.35. The number of hydrogen-bond acceptors (Lipinski definition) is 2. The van der Waals surface area contributed by atoms with Crippen LogP contribution in [0.2, 0.25) is 0 Å². The number of hydrogen-bond donors (Lipinski definition) is 2. The summed E-state index contributed by atoms with van der Waals surface area (Å²) in [6, 6.07) is 0. The Morgan fingerprint density at radius 2 is 2.36 bits per heavy atom. The van der Waals surface area contributed by atoms with E-state index in [4.69, 9.17) is 5.11 Å². The molecule has 0 spiro atoms. The van der Waals surface area contributed by atoms with Gasteiger partial charge in [0.05, 0.1) is 0 Å². The van der Waals surface area contributed by atoms with E-state index in [0.29, 0.717) is 18.8 Å². The first-order chi connectivity index (χ1) is 5.08. The van der Waals surface area contributed by atoms with Crippen LogP contribution < -0.4 is 0 Å². The monoisotopic (exact) mass is 158 g/mol. The molecule has 1 aliphatic carbocycles. The zero-order chi connectivity index (χ0) is 8.48. The summed E-state index contributed by atoms with van der Waals surface area (Å²) >= 11 is 0. The Bertz CT molecular complexity index is 167. The van der Waals surface area contributed by atoms with Gasteiger partial charge >= 0.3 is 5.97 Å². The van der Waals surface area contributed by atoms with Crippen molar-refractivity contribution in [2.75, 3.05) is 0 Å². The topological polar surface area (TPSA) is 57.5 Å². The minimum atomic E-state index is -1.42. The zero-order valence-corrected chi connectivity index (χ0v) is 6.71. The van der Waals surface area contributed by atoms with Crippen LogP contribution in [0.25, 0.3) is 0 Å². The maximum absolute atomic E-state index is 10.5. The van der Waals surface area contributed by atoms with Gasteiger partial charge in [-0.3, -0.25) is 0 Å². The molecule has 0 amide bonds. The fourth-order valence-corrected chi connectivity index (χ4v) is 1.67. The quantitative estimate of drug-likeness (QED) is 0.630. The summed E-state index contributed by atoms with van der Waals surface area (Å²) in [6.45, 7) is 2.03. The Balaban J connectivity index is 2.57. The van der Waals surface area contributed by atoms with Gasteiger partial charge in [-0.05, 0) is 25.2 Å². The van der Waals surface area contributed by atoms with Crippen molar-refractivity contribution in [3.8, 4) is 0 Å². The fourth-order valence-electron chi connectivity index (χ4n) is 1.67. The standard InChI is InChI=1S/C8H14O3/c1-2-6-3-4-8(11,5-6)7(9)10/h6,11H,2-5H2,1H3,(H,9,10)/t6-,8+/m1/s1. The molecule has 11 heavy (non-hydrogen) atoms. The smallest absolute Gasteiger partial charge is 0.335 e. The molecule has 0 heterocycles. The van der Waals surface area contributed by atoms with E-state index in [1.54, 1.807) is 0 Å². The van der Waals surface area contributed by atoms with Gasteiger partial charge in [0.15, 0.2) is 5.60 Å². The van der Waals surface area contributed by atoms with Crippen molar-refractivity contribution in [3.05, 3.63) is 0 Å². The number of carboxylic acid groups (broad SMARTS) is 1. The first-order valence-corrected chi connectivity index (χ1v) is 4.04. The fraction of sp³-hybridized carbons (Fsp3) is 0.875. The summed E-state index contributed by atoms with van der Waals surface area (Å²) < 4.78 is 0. The molecular formula is C8H14O3. The lowest BCUT2D eigenvalue weighted by Gasteiger charge is -2.15. The molecule has 0 bridgehead atoms. The highest BCUT2D eigenvalue weighted by Crippen LogP contribution is 2.36. The summed E-state index contributed by atoms with van der Waals surface area (Å²) in [6.07, 6.45) is 2.66. The predicted molar refractivity (Wildman–Crippen MR) is 40.2 cm³/mol. The van der Waals surface area contributed by atoms with E-state index in [9.17, 15) is 9.90 Å². The second-order valence-corrected chi connectivity index (χ2v) is 3.35. The first-order valence-electron chi connectivity index (χ1n) is 4.04. The molecular weight excluding hydrogens is 144 g/mol. The summed E-state index contributed by atoms with van der Waals surface area (Å²) in [5.41, 5.74) is -1.42. The molecule has 0 saturated heterocycles. The third-order valence-electron chi connectivity index (χ3n) is 2.57. The second kappa shape index (κ2) is 2.81. The maximum atomic E-state index is 10.5. The van der Waals surface area contributed by atoms with Crippen LogP contribution in [-0.2, 0) is 4.79 Å². The number of carboxylic acids is 1. The van der Waals surface area contributed by atoms with Crippen molar-refractivity contribution in [1.82, 2.24) is 0 Å². The maximum Gasteiger partial charge on any atom is 0.335 e. The molecule has 2 N–H and O–H groups in total. The Kier molecular flexibility index (Phi) is 2.18. The summed E-state index contributed by atoms with van der Waals surface area (Å²) in [4.78, 5) is 10.5. The van der Waals surface area contributed by atoms with Crippen molar-refractivity contribution in [1.29, 1.82) is 0 Å². The predicted octanol–water partition coefficient (Wildman–Crippen LogP) is 1.01. The highest BCUT2D eigenvalue weighted by Gasteiger charge is 2.42. The molecule has 1 fully saturated rings. The SMILES string of the molecule is CC[C@@H]1CC[C@@](O)(C(=O)O)C1. The van der Waals surface area contributed by atoms with E-state index in [1.807, 2.05) is 6.92 Å². The average molecular weight is 158 g/mol. The lowest BCUT2D eigenvalue weighted by Crippen LogP contribution is -2.35. The van der Waals surface area contributed by atoms with Crippen LogP contribution in [0.5, 0.6) is 0 Å². The lowest BCUT2D eigenvalue weighted by atomic mass is 9.99. The Labute approximate surface area is 66.0 Å². The van der Waals surface area contributed by atoms with Gasteiger partial charge in [-0.25, -0.2) is 4.79 Å². The van der Waals surface area contributed by atoms with Gasteiger partial charge in [0.25, 0.3) is 0 Å². The molecule has 0 aliphatic heterocycles. The number of carbonyl (C=O) groups is 1. The Hall–Kier alpha value is -0.570. The molecule has 3 nitrogen and oxygen atoms in total. The van der Waals surface area contributed by atoms with Gasteiger partial charge in [0, 0.05) is 0 Å². The molecule has 0 unspecified atom stereocenters. The van der Waals surface area contributed by atoms with E-state index in [-0.39, 0.29) is 0 Å². The van der Waals surface area contributed by atoms with Crippen LogP contribution in [-0.4, -0.2) is 21.8 Å². The molecule has 3 heteroatoms. The van der Waals surface area contributed by atoms with Crippen LogP contribution in [0.15, 0.2) is 0 Å². The summed E-state index contributed by atoms with van der Waals surface area (Å²) in [7, 11) is 0. The molecule has 2 atom stereocenters. The highest BCUT2D eigenvalue weighted by molar-refractivity contribution is 5.77. The zero-order valence-electron chi connectivity index (χ0n) is 6.71. The van der Waals surface area contributed by atoms with E-state index < -0.39 is 11.6 Å². The van der Waals surface area contributed by atoms with Crippen LogP contribution in [0.1, 0.15) is 32.6 Å². The van der Waals surface area contributed by atoms with Gasteiger partial charge in [0.2, 0.25) is 0 Å². The van der Waals surface area contributed by atoms with Crippen molar-refractivity contribution in [3.63, 3.8) is 0 Å². The van der Waals surface area contributed by atoms with Gasteiger partial charge in [-0.2, -0.15) is 0 Å². The van der Waals surface area contributed by atoms with Gasteiger partial charge in [-0.1, -0.05) is 13.3 Å². The van der Waals surface area contributed by atoms with E-state index in [1.165, 1.54) is 0 Å². The highest BCUT2D eigenvalue weighted by atomic mass is 16.4. The molecule has 1 saturated carbocycles. The van der Waals surface area contributed by atoms with Gasteiger partial charge in [0.1, 0.15) is 0 Å². The third kappa shape index (κ3) is 1.53. The number of aliphatic hydroxyl groups is 1. The van der Waals surface area contributed by atoms with Crippen molar-refractivity contribution < 1.29 is 15.0 Å². The summed E-state index contributed by atoms with van der Waals surface area (Å²) in [5.74, 6) is -0.662.